The predicted molar refractivity (Wildman–Crippen MR) is 59.8 cm³/mol. The highest BCUT2D eigenvalue weighted by atomic mass is 35.5. The molecule has 0 aliphatic carbocycles. The molecule has 2 rings (SSSR count). The van der Waals surface area contributed by atoms with Crippen molar-refractivity contribution < 1.29 is 4.42 Å². The van der Waals surface area contributed by atoms with E-state index in [2.05, 4.69) is 10.2 Å². The fraction of sp³-hybridized carbons (Fsp3) is 0.600. The van der Waals surface area contributed by atoms with Gasteiger partial charge < -0.3 is 15.5 Å². The van der Waals surface area contributed by atoms with Crippen molar-refractivity contribution in [1.82, 2.24) is 10.2 Å². The van der Waals surface area contributed by atoms with Crippen LogP contribution in [-0.2, 0) is 13.1 Å². The lowest BCUT2D eigenvalue weighted by Crippen LogP contribution is -2.42. The highest BCUT2D eigenvalue weighted by molar-refractivity contribution is 6.29. The van der Waals surface area contributed by atoms with Crippen molar-refractivity contribution in [3.05, 3.63) is 22.6 Å². The molecule has 1 aromatic heterocycles. The normalized spacial score (nSPS) is 18.3. The topological polar surface area (TPSA) is 54.4 Å². The van der Waals surface area contributed by atoms with Gasteiger partial charge in [-0.2, -0.15) is 0 Å². The van der Waals surface area contributed by atoms with Gasteiger partial charge in [0.25, 0.3) is 0 Å². The summed E-state index contributed by atoms with van der Waals surface area (Å²) in [6, 6.07) is 1.95. The minimum atomic E-state index is 0.404. The van der Waals surface area contributed by atoms with E-state index in [1.807, 2.05) is 6.07 Å². The van der Waals surface area contributed by atoms with Crippen LogP contribution >= 0.6 is 11.6 Å². The fourth-order valence-corrected chi connectivity index (χ4v) is 1.99. The molecule has 1 saturated heterocycles. The van der Waals surface area contributed by atoms with Crippen molar-refractivity contribution >= 4 is 11.6 Å². The standard InChI is InChI=1S/C10H16ClN3O/c11-10-8(5-9(6-12)15-10)7-14-3-1-13-2-4-14/h5,13H,1-4,6-7,12H2. The lowest BCUT2D eigenvalue weighted by Gasteiger charge is -2.26. The molecular weight excluding hydrogens is 214 g/mol. The molecule has 1 aromatic rings. The van der Waals surface area contributed by atoms with Crippen molar-refractivity contribution in [2.75, 3.05) is 26.2 Å². The first kappa shape index (κ1) is 11.0. The first-order chi connectivity index (χ1) is 7.29. The van der Waals surface area contributed by atoms with Crippen molar-refractivity contribution in [1.29, 1.82) is 0 Å². The minimum absolute atomic E-state index is 0.404. The molecule has 1 aliphatic heterocycles. The maximum Gasteiger partial charge on any atom is 0.197 e. The number of hydrogen-bond acceptors (Lipinski definition) is 4. The summed E-state index contributed by atoms with van der Waals surface area (Å²) in [4.78, 5) is 2.35. The average molecular weight is 230 g/mol. The summed E-state index contributed by atoms with van der Waals surface area (Å²) < 4.78 is 5.30. The molecular formula is C10H16ClN3O. The third-order valence-corrected chi connectivity index (χ3v) is 2.93. The quantitative estimate of drug-likeness (QED) is 0.805. The van der Waals surface area contributed by atoms with Crippen LogP contribution in [0.1, 0.15) is 11.3 Å². The van der Waals surface area contributed by atoms with Gasteiger partial charge in [0, 0.05) is 38.3 Å². The molecule has 1 aliphatic rings. The van der Waals surface area contributed by atoms with Crippen LogP contribution in [0.15, 0.2) is 10.5 Å². The molecule has 5 heteroatoms. The predicted octanol–water partition coefficient (Wildman–Crippen LogP) is 0.797. The molecule has 1 fully saturated rings. The van der Waals surface area contributed by atoms with E-state index < -0.39 is 0 Å². The van der Waals surface area contributed by atoms with Crippen molar-refractivity contribution in [3.63, 3.8) is 0 Å². The second-order valence-electron chi connectivity index (χ2n) is 3.74. The summed E-state index contributed by atoms with van der Waals surface area (Å²) in [5.41, 5.74) is 6.53. The molecule has 0 amide bonds. The van der Waals surface area contributed by atoms with Gasteiger partial charge in [-0.15, -0.1) is 0 Å². The van der Waals surface area contributed by atoms with E-state index in [0.717, 1.165) is 44.0 Å². The molecule has 0 spiro atoms. The third kappa shape index (κ3) is 2.72. The van der Waals surface area contributed by atoms with Crippen molar-refractivity contribution in [3.8, 4) is 0 Å². The smallest absolute Gasteiger partial charge is 0.197 e. The zero-order valence-corrected chi connectivity index (χ0v) is 9.39. The number of piperazine rings is 1. The van der Waals surface area contributed by atoms with Crippen molar-refractivity contribution in [2.24, 2.45) is 5.73 Å². The van der Waals surface area contributed by atoms with E-state index in [9.17, 15) is 0 Å². The summed E-state index contributed by atoms with van der Waals surface area (Å²) in [5, 5.41) is 3.79. The molecule has 84 valence electrons. The van der Waals surface area contributed by atoms with E-state index in [-0.39, 0.29) is 0 Å². The minimum Gasteiger partial charge on any atom is -0.448 e. The number of nitrogens with one attached hydrogen (secondary N) is 1. The summed E-state index contributed by atoms with van der Waals surface area (Å²) in [7, 11) is 0. The number of rotatable bonds is 3. The zero-order valence-electron chi connectivity index (χ0n) is 8.63. The van der Waals surface area contributed by atoms with Crippen molar-refractivity contribution in [2.45, 2.75) is 13.1 Å². The van der Waals surface area contributed by atoms with Gasteiger partial charge in [0.15, 0.2) is 5.22 Å². The number of hydrogen-bond donors (Lipinski definition) is 2. The Morgan fingerprint density at radius 3 is 2.80 bits per heavy atom. The summed E-state index contributed by atoms with van der Waals surface area (Å²) in [6.45, 7) is 5.45. The maximum absolute atomic E-state index is 5.98. The van der Waals surface area contributed by atoms with Crippen LogP contribution in [0.4, 0.5) is 0 Å². The molecule has 0 radical (unpaired) electrons. The maximum atomic E-state index is 5.98. The average Bonchev–Trinajstić information content (AvgIpc) is 2.61. The van der Waals surface area contributed by atoms with Gasteiger partial charge in [-0.05, 0) is 17.7 Å². The number of halogens is 1. The molecule has 3 N–H and O–H groups in total. The van der Waals surface area contributed by atoms with Crippen LogP contribution in [0, 0.1) is 0 Å². The monoisotopic (exact) mass is 229 g/mol. The van der Waals surface area contributed by atoms with Gasteiger partial charge >= 0.3 is 0 Å². The summed E-state index contributed by atoms with van der Waals surface area (Å²) >= 11 is 5.98. The van der Waals surface area contributed by atoms with Crippen LogP contribution in [-0.4, -0.2) is 31.1 Å². The van der Waals surface area contributed by atoms with E-state index in [1.165, 1.54) is 0 Å². The molecule has 0 saturated carbocycles. The van der Waals surface area contributed by atoms with Crippen LogP contribution in [0.2, 0.25) is 5.22 Å². The SMILES string of the molecule is NCc1cc(CN2CCNCC2)c(Cl)o1. The largest absolute Gasteiger partial charge is 0.448 e. The Hall–Kier alpha value is -0.550. The van der Waals surface area contributed by atoms with E-state index >= 15 is 0 Å². The number of nitrogens with zero attached hydrogens (tertiary/aromatic N) is 1. The van der Waals surface area contributed by atoms with Gasteiger partial charge in [-0.25, -0.2) is 0 Å². The number of furan rings is 1. The molecule has 4 nitrogen and oxygen atoms in total. The van der Waals surface area contributed by atoms with Crippen LogP contribution < -0.4 is 11.1 Å². The molecule has 0 unspecified atom stereocenters. The second kappa shape index (κ2) is 4.99. The first-order valence-corrected chi connectivity index (χ1v) is 5.57. The zero-order chi connectivity index (χ0) is 10.7. The summed E-state index contributed by atoms with van der Waals surface area (Å²) in [6.07, 6.45) is 0. The highest BCUT2D eigenvalue weighted by Crippen LogP contribution is 2.22. The molecule has 2 heterocycles. The Morgan fingerprint density at radius 2 is 2.20 bits per heavy atom. The van der Waals surface area contributed by atoms with Gasteiger partial charge in [-0.1, -0.05) is 0 Å². The molecule has 0 aromatic carbocycles. The fourth-order valence-electron chi connectivity index (χ4n) is 1.78. The Bertz CT molecular complexity index is 320. The molecule has 15 heavy (non-hydrogen) atoms. The van der Waals surface area contributed by atoms with E-state index in [0.29, 0.717) is 11.8 Å². The molecule has 0 bridgehead atoms. The second-order valence-corrected chi connectivity index (χ2v) is 4.09. The lowest BCUT2D eigenvalue weighted by atomic mass is 10.2. The van der Waals surface area contributed by atoms with E-state index in [1.54, 1.807) is 0 Å². The Morgan fingerprint density at radius 1 is 1.47 bits per heavy atom. The molecule has 0 atom stereocenters. The van der Waals surface area contributed by atoms with Gasteiger partial charge in [0.1, 0.15) is 5.76 Å². The highest BCUT2D eigenvalue weighted by Gasteiger charge is 2.14. The van der Waals surface area contributed by atoms with Gasteiger partial charge in [0.2, 0.25) is 0 Å². The Kier molecular flexibility index (Phi) is 3.64. The van der Waals surface area contributed by atoms with E-state index in [4.69, 9.17) is 21.8 Å². The third-order valence-electron chi connectivity index (χ3n) is 2.61. The first-order valence-electron chi connectivity index (χ1n) is 5.20. The Balaban J connectivity index is 1.99. The van der Waals surface area contributed by atoms with Crippen LogP contribution in [0.5, 0.6) is 0 Å². The van der Waals surface area contributed by atoms with Gasteiger partial charge in [-0.3, -0.25) is 4.90 Å². The summed E-state index contributed by atoms with van der Waals surface area (Å²) in [5.74, 6) is 0.755. The Labute approximate surface area is 94.4 Å². The lowest BCUT2D eigenvalue weighted by molar-refractivity contribution is 0.232. The number of nitrogens with two attached hydrogens (primary N) is 1. The van der Waals surface area contributed by atoms with Gasteiger partial charge in [0.05, 0.1) is 6.54 Å². The van der Waals surface area contributed by atoms with Crippen LogP contribution in [0.25, 0.3) is 0 Å². The van der Waals surface area contributed by atoms with Crippen LogP contribution in [0.3, 0.4) is 0 Å².